The van der Waals surface area contributed by atoms with Crippen molar-refractivity contribution in [1.29, 1.82) is 0 Å². The van der Waals surface area contributed by atoms with Crippen LogP contribution in [0.1, 0.15) is 5.56 Å². The second-order valence-corrected chi connectivity index (χ2v) is 3.31. The second-order valence-electron chi connectivity index (χ2n) is 3.31. The van der Waals surface area contributed by atoms with Gasteiger partial charge in [-0.1, -0.05) is 0 Å². The first-order valence-electron chi connectivity index (χ1n) is 4.87. The Hall–Kier alpha value is -2.29. The number of benzene rings is 1. The van der Waals surface area contributed by atoms with Gasteiger partial charge in [0.05, 0.1) is 5.56 Å². The lowest BCUT2D eigenvalue weighted by Gasteiger charge is -2.09. The van der Waals surface area contributed by atoms with Crippen LogP contribution in [-0.2, 0) is 15.8 Å². The number of anilines is 1. The third-order valence-corrected chi connectivity index (χ3v) is 1.83. The van der Waals surface area contributed by atoms with Crippen molar-refractivity contribution in [3.63, 3.8) is 0 Å². The molecule has 0 bridgehead atoms. The number of hydrogen-bond donors (Lipinski definition) is 3. The SMILES string of the molecule is O=C(O)CONC(=O)Nc1ccc(C(F)(F)F)cc1. The van der Waals surface area contributed by atoms with E-state index >= 15 is 0 Å². The van der Waals surface area contributed by atoms with Crippen molar-refractivity contribution in [3.8, 4) is 0 Å². The normalized spacial score (nSPS) is 10.9. The van der Waals surface area contributed by atoms with Gasteiger partial charge in [-0.25, -0.2) is 15.1 Å². The third kappa shape index (κ3) is 5.25. The molecule has 104 valence electrons. The van der Waals surface area contributed by atoms with Crippen LogP contribution in [0.2, 0.25) is 0 Å². The van der Waals surface area contributed by atoms with Gasteiger partial charge in [-0.15, -0.1) is 0 Å². The van der Waals surface area contributed by atoms with Gasteiger partial charge in [0.2, 0.25) is 0 Å². The Morgan fingerprint density at radius 1 is 1.21 bits per heavy atom. The van der Waals surface area contributed by atoms with Crippen molar-refractivity contribution in [2.75, 3.05) is 11.9 Å². The summed E-state index contributed by atoms with van der Waals surface area (Å²) in [7, 11) is 0. The van der Waals surface area contributed by atoms with Crippen molar-refractivity contribution in [1.82, 2.24) is 5.48 Å². The van der Waals surface area contributed by atoms with Gasteiger partial charge in [-0.05, 0) is 24.3 Å². The maximum Gasteiger partial charge on any atom is 0.416 e. The minimum Gasteiger partial charge on any atom is -0.479 e. The number of carbonyl (C=O) groups is 2. The number of carboxylic acids is 1. The molecule has 0 saturated heterocycles. The Morgan fingerprint density at radius 2 is 1.79 bits per heavy atom. The summed E-state index contributed by atoms with van der Waals surface area (Å²) in [4.78, 5) is 25.4. The molecular formula is C10H9F3N2O4. The first-order chi connectivity index (χ1) is 8.79. The van der Waals surface area contributed by atoms with Crippen molar-refractivity contribution < 1.29 is 32.7 Å². The lowest BCUT2D eigenvalue weighted by Crippen LogP contribution is -2.30. The number of amides is 2. The van der Waals surface area contributed by atoms with Gasteiger partial charge >= 0.3 is 18.2 Å². The first-order valence-corrected chi connectivity index (χ1v) is 4.87. The lowest BCUT2D eigenvalue weighted by molar-refractivity contribution is -0.144. The molecule has 1 aromatic rings. The van der Waals surface area contributed by atoms with Crippen molar-refractivity contribution in [2.24, 2.45) is 0 Å². The van der Waals surface area contributed by atoms with Crippen molar-refractivity contribution >= 4 is 17.7 Å². The highest BCUT2D eigenvalue weighted by molar-refractivity contribution is 5.88. The Bertz CT molecular complexity index is 459. The molecule has 0 aromatic heterocycles. The Labute approximate surface area is 105 Å². The van der Waals surface area contributed by atoms with E-state index in [0.29, 0.717) is 0 Å². The molecule has 1 rings (SSSR count). The lowest BCUT2D eigenvalue weighted by atomic mass is 10.2. The fraction of sp³-hybridized carbons (Fsp3) is 0.200. The van der Waals surface area contributed by atoms with Crippen LogP contribution in [0.15, 0.2) is 24.3 Å². The zero-order valence-corrected chi connectivity index (χ0v) is 9.32. The smallest absolute Gasteiger partial charge is 0.416 e. The zero-order chi connectivity index (χ0) is 14.5. The zero-order valence-electron chi connectivity index (χ0n) is 9.32. The predicted molar refractivity (Wildman–Crippen MR) is 57.2 cm³/mol. The van der Waals surface area contributed by atoms with Crippen LogP contribution in [0.25, 0.3) is 0 Å². The number of urea groups is 1. The topological polar surface area (TPSA) is 87.7 Å². The summed E-state index contributed by atoms with van der Waals surface area (Å²) in [6, 6.07) is 2.81. The number of rotatable bonds is 4. The predicted octanol–water partition coefficient (Wildman–Crippen LogP) is 1.84. The van der Waals surface area contributed by atoms with Crippen LogP contribution in [0.3, 0.4) is 0 Å². The van der Waals surface area contributed by atoms with Gasteiger partial charge in [-0.3, -0.25) is 4.84 Å². The molecule has 3 N–H and O–H groups in total. The van der Waals surface area contributed by atoms with Gasteiger partial charge in [0.15, 0.2) is 6.61 Å². The van der Waals surface area contributed by atoms with Crippen LogP contribution in [0, 0.1) is 0 Å². The molecule has 2 amide bonds. The fourth-order valence-corrected chi connectivity index (χ4v) is 1.06. The monoisotopic (exact) mass is 278 g/mol. The van der Waals surface area contributed by atoms with Crippen LogP contribution in [-0.4, -0.2) is 23.7 Å². The van der Waals surface area contributed by atoms with E-state index in [4.69, 9.17) is 5.11 Å². The van der Waals surface area contributed by atoms with Gasteiger partial charge in [0, 0.05) is 5.69 Å². The maximum absolute atomic E-state index is 12.2. The van der Waals surface area contributed by atoms with E-state index in [1.807, 2.05) is 0 Å². The second kappa shape index (κ2) is 6.05. The fourth-order valence-electron chi connectivity index (χ4n) is 1.06. The molecule has 0 saturated carbocycles. The number of alkyl halides is 3. The van der Waals surface area contributed by atoms with E-state index < -0.39 is 30.3 Å². The Kier molecular flexibility index (Phi) is 4.70. The minimum absolute atomic E-state index is 0.101. The highest BCUT2D eigenvalue weighted by Gasteiger charge is 2.29. The number of hydroxylamine groups is 1. The van der Waals surface area contributed by atoms with Crippen molar-refractivity contribution in [3.05, 3.63) is 29.8 Å². The average molecular weight is 278 g/mol. The van der Waals surface area contributed by atoms with E-state index in [0.717, 1.165) is 24.3 Å². The molecule has 0 aliphatic heterocycles. The molecule has 0 radical (unpaired) electrons. The number of halogens is 3. The average Bonchev–Trinajstić information content (AvgIpc) is 2.27. The quantitative estimate of drug-likeness (QED) is 0.733. The number of nitrogens with one attached hydrogen (secondary N) is 2. The number of hydrogen-bond acceptors (Lipinski definition) is 3. The number of carboxylic acid groups (broad SMARTS) is 1. The molecule has 0 atom stereocenters. The third-order valence-electron chi connectivity index (χ3n) is 1.83. The van der Waals surface area contributed by atoms with E-state index in [1.165, 1.54) is 0 Å². The van der Waals surface area contributed by atoms with E-state index in [-0.39, 0.29) is 5.69 Å². The Morgan fingerprint density at radius 3 is 2.26 bits per heavy atom. The molecular weight excluding hydrogens is 269 g/mol. The van der Waals surface area contributed by atoms with Crippen LogP contribution in [0.4, 0.5) is 23.7 Å². The van der Waals surface area contributed by atoms with Crippen LogP contribution in [0.5, 0.6) is 0 Å². The van der Waals surface area contributed by atoms with Crippen molar-refractivity contribution in [2.45, 2.75) is 6.18 Å². The van der Waals surface area contributed by atoms with Gasteiger partial charge in [0.25, 0.3) is 0 Å². The molecule has 0 fully saturated rings. The van der Waals surface area contributed by atoms with Crippen LogP contribution < -0.4 is 10.8 Å². The van der Waals surface area contributed by atoms with Gasteiger partial charge in [0.1, 0.15) is 0 Å². The molecule has 1 aromatic carbocycles. The molecule has 6 nitrogen and oxygen atoms in total. The maximum atomic E-state index is 12.2. The summed E-state index contributed by atoms with van der Waals surface area (Å²) in [6.45, 7) is -0.736. The summed E-state index contributed by atoms with van der Waals surface area (Å²) < 4.78 is 36.7. The van der Waals surface area contributed by atoms with Gasteiger partial charge in [-0.2, -0.15) is 13.2 Å². The first kappa shape index (κ1) is 14.8. The summed E-state index contributed by atoms with van der Waals surface area (Å²) in [5.74, 6) is -1.28. The molecule has 19 heavy (non-hydrogen) atoms. The highest BCUT2D eigenvalue weighted by atomic mass is 19.4. The summed E-state index contributed by atoms with van der Waals surface area (Å²) in [6.07, 6.45) is -4.45. The molecule has 0 spiro atoms. The van der Waals surface area contributed by atoms with E-state index in [1.54, 1.807) is 5.48 Å². The molecule has 0 aliphatic carbocycles. The Balaban J connectivity index is 2.49. The molecule has 9 heteroatoms. The van der Waals surface area contributed by atoms with Crippen LogP contribution >= 0.6 is 0 Å². The summed E-state index contributed by atoms with van der Waals surface area (Å²) in [5, 5.41) is 10.4. The summed E-state index contributed by atoms with van der Waals surface area (Å²) >= 11 is 0. The minimum atomic E-state index is -4.45. The molecule has 0 aliphatic rings. The number of carbonyl (C=O) groups excluding carboxylic acids is 1. The summed E-state index contributed by atoms with van der Waals surface area (Å²) in [5.41, 5.74) is 1.01. The number of aliphatic carboxylic acids is 1. The van der Waals surface area contributed by atoms with E-state index in [2.05, 4.69) is 10.2 Å². The highest BCUT2D eigenvalue weighted by Crippen LogP contribution is 2.29. The molecule has 0 heterocycles. The standard InChI is InChI=1S/C10H9F3N2O4/c11-10(12,13)6-1-3-7(4-2-6)14-9(18)15-19-5-8(16)17/h1-4H,5H2,(H,16,17)(H2,14,15,18). The largest absolute Gasteiger partial charge is 0.479 e. The molecule has 0 unspecified atom stereocenters. The van der Waals surface area contributed by atoms with E-state index in [9.17, 15) is 22.8 Å². The van der Waals surface area contributed by atoms with Gasteiger partial charge < -0.3 is 10.4 Å².